The Balaban J connectivity index is 1.91. The molecule has 0 unspecified atom stereocenters. The minimum Gasteiger partial charge on any atom is -0.710 e. The number of hydrogen-bond donors (Lipinski definition) is 1. The van der Waals surface area contributed by atoms with Crippen molar-refractivity contribution < 1.29 is 23.4 Å². The number of amides is 1. The number of nitrogens with zero attached hydrogens (tertiary/aromatic N) is 7. The van der Waals surface area contributed by atoms with Crippen molar-refractivity contribution in [2.24, 2.45) is 0 Å². The van der Waals surface area contributed by atoms with E-state index in [4.69, 9.17) is 0 Å². The number of phenolic OH excluding ortho intramolecular Hbond substituents is 1. The first-order valence-corrected chi connectivity index (χ1v) is 14.3. The topological polar surface area (TPSA) is 131 Å². The molecule has 1 N–H and O–H groups in total. The van der Waals surface area contributed by atoms with Crippen molar-refractivity contribution >= 4 is 22.8 Å². The summed E-state index contributed by atoms with van der Waals surface area (Å²) in [5.41, 5.74) is -1.03. The van der Waals surface area contributed by atoms with Crippen molar-refractivity contribution in [1.82, 2.24) is 24.4 Å². The number of aromatic nitrogens is 5. The van der Waals surface area contributed by atoms with Crippen LogP contribution in [0.4, 0.5) is 14.6 Å². The highest BCUT2D eigenvalue weighted by Gasteiger charge is 2.35. The van der Waals surface area contributed by atoms with E-state index in [1.165, 1.54) is 12.4 Å². The standard InChI is InChI=1S/C31H33F2N7O4/c1-7-24(42)37-10-11-38(18(6)14-37)29-21-13-22(33)27(20-12-19(32)8-9-23(20)41)40(44)30(21)39(31(43)36-29)28-25(16(2)3)34-15-35-26(28)17(4)5/h7-9,12-13,15-18,41H,1,10-11,14H2,2-6H3/t18-/m0/s1. The summed E-state index contributed by atoms with van der Waals surface area (Å²) >= 11 is 0. The third-order valence-electron chi connectivity index (χ3n) is 7.77. The van der Waals surface area contributed by atoms with Gasteiger partial charge in [0.2, 0.25) is 5.91 Å². The lowest BCUT2D eigenvalue weighted by Crippen LogP contribution is -2.54. The highest BCUT2D eigenvalue weighted by Crippen LogP contribution is 2.35. The Morgan fingerprint density at radius 3 is 2.39 bits per heavy atom. The first-order valence-electron chi connectivity index (χ1n) is 14.3. The lowest BCUT2D eigenvalue weighted by atomic mass is 10.0. The van der Waals surface area contributed by atoms with E-state index in [0.717, 1.165) is 28.8 Å². The average Bonchev–Trinajstić information content (AvgIpc) is 2.98. The Labute approximate surface area is 252 Å². The molecule has 4 aromatic rings. The molecule has 44 heavy (non-hydrogen) atoms. The number of pyridine rings is 1. The molecule has 13 heteroatoms. The third kappa shape index (κ3) is 5.12. The first-order chi connectivity index (χ1) is 20.8. The SMILES string of the molecule is C=CC(=O)N1CCN(c2nc(=O)n(-c3c(C(C)C)ncnc3C(C)C)c3c2cc(F)c(-c2cc(F)ccc2O)[n+]3[O-])[C@@H](C)C1. The molecule has 1 aromatic carbocycles. The van der Waals surface area contributed by atoms with Gasteiger partial charge >= 0.3 is 11.3 Å². The molecule has 1 aliphatic rings. The fourth-order valence-electron chi connectivity index (χ4n) is 5.68. The number of phenols is 1. The van der Waals surface area contributed by atoms with Crippen LogP contribution in [-0.2, 0) is 4.79 Å². The summed E-state index contributed by atoms with van der Waals surface area (Å²) in [6.45, 7) is 13.6. The maximum absolute atomic E-state index is 16.0. The maximum Gasteiger partial charge on any atom is 0.442 e. The molecule has 4 heterocycles. The zero-order valence-corrected chi connectivity index (χ0v) is 25.1. The molecule has 1 aliphatic heterocycles. The first kappa shape index (κ1) is 30.5. The van der Waals surface area contributed by atoms with E-state index in [-0.39, 0.29) is 76.3 Å². The highest BCUT2D eigenvalue weighted by atomic mass is 19.1. The zero-order chi connectivity index (χ0) is 32.0. The van der Waals surface area contributed by atoms with Gasteiger partial charge in [0.05, 0.1) is 17.0 Å². The van der Waals surface area contributed by atoms with Crippen molar-refractivity contribution in [1.29, 1.82) is 0 Å². The zero-order valence-electron chi connectivity index (χ0n) is 25.1. The molecule has 230 valence electrons. The maximum atomic E-state index is 16.0. The molecule has 3 aromatic heterocycles. The van der Waals surface area contributed by atoms with E-state index in [0.29, 0.717) is 11.4 Å². The number of piperazine rings is 1. The minimum absolute atomic E-state index is 0.000329. The summed E-state index contributed by atoms with van der Waals surface area (Å²) < 4.78 is 31.6. The summed E-state index contributed by atoms with van der Waals surface area (Å²) in [7, 11) is 0. The quantitative estimate of drug-likeness (QED) is 0.199. The lowest BCUT2D eigenvalue weighted by molar-refractivity contribution is -0.569. The van der Waals surface area contributed by atoms with Crippen LogP contribution in [0.1, 0.15) is 57.8 Å². The molecule has 11 nitrogen and oxygen atoms in total. The van der Waals surface area contributed by atoms with Crippen LogP contribution in [0.3, 0.4) is 0 Å². The van der Waals surface area contributed by atoms with Gasteiger partial charge in [0, 0.05) is 25.7 Å². The highest BCUT2D eigenvalue weighted by molar-refractivity contribution is 5.89. The molecular weight excluding hydrogens is 572 g/mol. The number of fused-ring (bicyclic) bond motifs is 1. The van der Waals surface area contributed by atoms with Gasteiger partial charge in [-0.25, -0.2) is 28.3 Å². The molecule has 1 amide bonds. The third-order valence-corrected chi connectivity index (χ3v) is 7.77. The Morgan fingerprint density at radius 1 is 1.14 bits per heavy atom. The van der Waals surface area contributed by atoms with E-state index in [1.807, 2.05) is 34.6 Å². The number of rotatable bonds is 6. The van der Waals surface area contributed by atoms with E-state index in [9.17, 15) is 24.3 Å². The summed E-state index contributed by atoms with van der Waals surface area (Å²) in [5, 5.41) is 24.9. The van der Waals surface area contributed by atoms with Crippen LogP contribution in [0, 0.1) is 16.8 Å². The van der Waals surface area contributed by atoms with Crippen molar-refractivity contribution in [2.75, 3.05) is 24.5 Å². The molecule has 0 saturated carbocycles. The van der Waals surface area contributed by atoms with E-state index < -0.39 is 28.8 Å². The number of aromatic hydroxyl groups is 1. The van der Waals surface area contributed by atoms with Crippen molar-refractivity contribution in [2.45, 2.75) is 52.5 Å². The fourth-order valence-corrected chi connectivity index (χ4v) is 5.68. The van der Waals surface area contributed by atoms with Crippen LogP contribution in [-0.4, -0.2) is 61.1 Å². The Hall–Kier alpha value is -4.94. The average molecular weight is 606 g/mol. The van der Waals surface area contributed by atoms with Crippen LogP contribution in [0.15, 0.2) is 48.0 Å². The van der Waals surface area contributed by atoms with Gasteiger partial charge in [-0.15, -0.1) is 4.57 Å². The van der Waals surface area contributed by atoms with Crippen LogP contribution in [0.25, 0.3) is 28.0 Å². The van der Waals surface area contributed by atoms with Gasteiger partial charge in [-0.05, 0) is 49.1 Å². The molecule has 0 aliphatic carbocycles. The number of anilines is 1. The second-order valence-corrected chi connectivity index (χ2v) is 11.4. The van der Waals surface area contributed by atoms with E-state index in [1.54, 1.807) is 9.80 Å². The normalized spacial score (nSPS) is 15.4. The van der Waals surface area contributed by atoms with Crippen molar-refractivity contribution in [3.05, 3.63) is 82.0 Å². The van der Waals surface area contributed by atoms with Crippen LogP contribution < -0.4 is 15.3 Å². The smallest absolute Gasteiger partial charge is 0.442 e. The predicted molar refractivity (Wildman–Crippen MR) is 161 cm³/mol. The van der Waals surface area contributed by atoms with Crippen molar-refractivity contribution in [3.63, 3.8) is 0 Å². The number of carbonyl (C=O) groups is 1. The number of carbonyl (C=O) groups excluding carboxylic acids is 1. The summed E-state index contributed by atoms with van der Waals surface area (Å²) in [6, 6.07) is 3.54. The van der Waals surface area contributed by atoms with Gasteiger partial charge in [0.15, 0.2) is 23.0 Å². The van der Waals surface area contributed by atoms with E-state index >= 15 is 4.39 Å². The summed E-state index contributed by atoms with van der Waals surface area (Å²) in [5.74, 6) is -3.02. The largest absolute Gasteiger partial charge is 0.710 e. The van der Waals surface area contributed by atoms with Crippen LogP contribution >= 0.6 is 0 Å². The van der Waals surface area contributed by atoms with Crippen LogP contribution in [0.5, 0.6) is 5.75 Å². The Bertz CT molecular complexity index is 1830. The predicted octanol–water partition coefficient (Wildman–Crippen LogP) is 3.93. The Morgan fingerprint density at radius 2 is 1.80 bits per heavy atom. The molecule has 0 bridgehead atoms. The van der Waals surface area contributed by atoms with Gasteiger partial charge in [0.25, 0.3) is 0 Å². The van der Waals surface area contributed by atoms with Gasteiger partial charge in [-0.1, -0.05) is 34.3 Å². The van der Waals surface area contributed by atoms with Gasteiger partial charge < -0.3 is 20.1 Å². The Kier molecular flexibility index (Phi) is 8.06. The fraction of sp³-hybridized carbons (Fsp3) is 0.355. The molecule has 1 saturated heterocycles. The number of hydrogen-bond acceptors (Lipinski definition) is 8. The second kappa shape index (κ2) is 11.6. The summed E-state index contributed by atoms with van der Waals surface area (Å²) in [6.07, 6.45) is 2.60. The monoisotopic (exact) mass is 605 g/mol. The second-order valence-electron chi connectivity index (χ2n) is 11.4. The number of benzene rings is 1. The molecular formula is C31H33F2N7O4. The molecule has 0 radical (unpaired) electrons. The van der Waals surface area contributed by atoms with E-state index in [2.05, 4.69) is 21.5 Å². The molecule has 1 fully saturated rings. The minimum atomic E-state index is -1.06. The van der Waals surface area contributed by atoms with Crippen molar-refractivity contribution in [3.8, 4) is 22.7 Å². The summed E-state index contributed by atoms with van der Waals surface area (Å²) in [4.78, 5) is 43.0. The lowest BCUT2D eigenvalue weighted by Gasteiger charge is -2.40. The molecule has 5 rings (SSSR count). The van der Waals surface area contributed by atoms with Gasteiger partial charge in [-0.3, -0.25) is 4.79 Å². The van der Waals surface area contributed by atoms with Gasteiger partial charge in [-0.2, -0.15) is 4.98 Å². The van der Waals surface area contributed by atoms with Crippen LogP contribution in [0.2, 0.25) is 0 Å². The molecule has 0 spiro atoms. The number of halogens is 2. The van der Waals surface area contributed by atoms with Gasteiger partial charge in [0.1, 0.15) is 23.3 Å². The molecule has 1 atom stereocenters.